The molecule has 0 bridgehead atoms. The fourth-order valence-corrected chi connectivity index (χ4v) is 2.13. The molecule has 2 rings (SSSR count). The van der Waals surface area contributed by atoms with Crippen LogP contribution in [0.25, 0.3) is 0 Å². The first kappa shape index (κ1) is 17.7. The molecule has 2 aromatic carbocycles. The zero-order chi connectivity index (χ0) is 17.4. The normalized spacial score (nSPS) is 9.96. The van der Waals surface area contributed by atoms with Gasteiger partial charge in [-0.2, -0.15) is 0 Å². The van der Waals surface area contributed by atoms with Crippen LogP contribution < -0.4 is 24.8 Å². The average molecular weight is 351 g/mol. The fraction of sp³-hybridized carbons (Fsp3) is 0.235. The van der Waals surface area contributed by atoms with E-state index in [2.05, 4.69) is 10.6 Å². The molecule has 2 amide bonds. The molecule has 0 fully saturated rings. The number of halogens is 1. The van der Waals surface area contributed by atoms with Crippen LogP contribution in [0.3, 0.4) is 0 Å². The molecule has 0 heterocycles. The molecule has 128 valence electrons. The fourth-order valence-electron chi connectivity index (χ4n) is 2.01. The number of carbonyl (C=O) groups excluding carboxylic acids is 1. The van der Waals surface area contributed by atoms with Gasteiger partial charge in [0.1, 0.15) is 6.61 Å². The third kappa shape index (κ3) is 4.96. The molecule has 6 nitrogen and oxygen atoms in total. The molecule has 2 aromatic rings. The standard InChI is InChI=1S/C17H19ClN2O4/c1-22-14-4-3-5-15(16(14)23-2)24-11-10-19-17(21)20-13-8-6-12(18)7-9-13/h3-9H,10-11H2,1-2H3,(H2,19,20,21). The average Bonchev–Trinajstić information content (AvgIpc) is 2.60. The largest absolute Gasteiger partial charge is 0.493 e. The molecule has 0 aliphatic heterocycles. The molecule has 0 saturated heterocycles. The molecule has 2 N–H and O–H groups in total. The van der Waals surface area contributed by atoms with E-state index in [0.717, 1.165) is 0 Å². The van der Waals surface area contributed by atoms with E-state index in [1.807, 2.05) is 0 Å². The Hall–Kier alpha value is -2.60. The van der Waals surface area contributed by atoms with Crippen molar-refractivity contribution in [1.82, 2.24) is 5.32 Å². The number of para-hydroxylation sites is 1. The summed E-state index contributed by atoms with van der Waals surface area (Å²) < 4.78 is 16.1. The van der Waals surface area contributed by atoms with Crippen molar-refractivity contribution < 1.29 is 19.0 Å². The van der Waals surface area contributed by atoms with Crippen molar-refractivity contribution in [2.75, 3.05) is 32.7 Å². The Morgan fingerprint density at radius 1 is 1.04 bits per heavy atom. The summed E-state index contributed by atoms with van der Waals surface area (Å²) in [6, 6.07) is 11.9. The van der Waals surface area contributed by atoms with Gasteiger partial charge in [0, 0.05) is 10.7 Å². The van der Waals surface area contributed by atoms with Crippen molar-refractivity contribution in [3.05, 3.63) is 47.5 Å². The molecule has 0 radical (unpaired) electrons. The first-order chi connectivity index (χ1) is 11.6. The molecule has 0 spiro atoms. The topological polar surface area (TPSA) is 68.8 Å². The number of ether oxygens (including phenoxy) is 3. The second-order valence-corrected chi connectivity index (χ2v) is 5.16. The van der Waals surface area contributed by atoms with Gasteiger partial charge in [-0.25, -0.2) is 4.79 Å². The molecule has 0 aromatic heterocycles. The van der Waals surface area contributed by atoms with Crippen molar-refractivity contribution in [2.24, 2.45) is 0 Å². The Morgan fingerprint density at radius 2 is 1.75 bits per heavy atom. The van der Waals surface area contributed by atoms with Crippen LogP contribution in [0.5, 0.6) is 17.2 Å². The van der Waals surface area contributed by atoms with Crippen LogP contribution in [-0.4, -0.2) is 33.4 Å². The van der Waals surface area contributed by atoms with Gasteiger partial charge in [-0.1, -0.05) is 17.7 Å². The number of carbonyl (C=O) groups is 1. The summed E-state index contributed by atoms with van der Waals surface area (Å²) in [5, 5.41) is 6.01. The highest BCUT2D eigenvalue weighted by atomic mass is 35.5. The van der Waals surface area contributed by atoms with E-state index in [4.69, 9.17) is 25.8 Å². The van der Waals surface area contributed by atoms with Gasteiger partial charge in [-0.3, -0.25) is 0 Å². The smallest absolute Gasteiger partial charge is 0.319 e. The van der Waals surface area contributed by atoms with Gasteiger partial charge in [0.25, 0.3) is 0 Å². The van der Waals surface area contributed by atoms with Crippen LogP contribution >= 0.6 is 11.6 Å². The second-order valence-electron chi connectivity index (χ2n) is 4.73. The van der Waals surface area contributed by atoms with Gasteiger partial charge in [-0.15, -0.1) is 0 Å². The van der Waals surface area contributed by atoms with Crippen LogP contribution in [-0.2, 0) is 0 Å². The van der Waals surface area contributed by atoms with Gasteiger partial charge in [0.15, 0.2) is 11.5 Å². The summed E-state index contributed by atoms with van der Waals surface area (Å²) in [7, 11) is 3.10. The van der Waals surface area contributed by atoms with Gasteiger partial charge in [0.05, 0.1) is 20.8 Å². The predicted molar refractivity (Wildman–Crippen MR) is 93.5 cm³/mol. The molecular weight excluding hydrogens is 332 g/mol. The van der Waals surface area contributed by atoms with E-state index in [1.165, 1.54) is 0 Å². The first-order valence-electron chi connectivity index (χ1n) is 7.28. The minimum atomic E-state index is -0.321. The minimum absolute atomic E-state index is 0.289. The number of amides is 2. The lowest BCUT2D eigenvalue weighted by Gasteiger charge is -2.14. The lowest BCUT2D eigenvalue weighted by atomic mass is 10.3. The second kappa shape index (κ2) is 8.88. The maximum absolute atomic E-state index is 11.8. The highest BCUT2D eigenvalue weighted by Crippen LogP contribution is 2.36. The number of anilines is 1. The van der Waals surface area contributed by atoms with E-state index in [1.54, 1.807) is 56.7 Å². The van der Waals surface area contributed by atoms with Crippen LogP contribution in [0.15, 0.2) is 42.5 Å². The molecule has 0 saturated carbocycles. The van der Waals surface area contributed by atoms with E-state index in [0.29, 0.717) is 34.5 Å². The van der Waals surface area contributed by atoms with Crippen molar-refractivity contribution >= 4 is 23.3 Å². The van der Waals surface area contributed by atoms with Crippen molar-refractivity contribution in [3.63, 3.8) is 0 Å². The highest BCUT2D eigenvalue weighted by molar-refractivity contribution is 6.30. The molecule has 0 unspecified atom stereocenters. The third-order valence-corrected chi connectivity index (χ3v) is 3.37. The zero-order valence-corrected chi connectivity index (χ0v) is 14.2. The molecule has 0 aliphatic rings. The molecule has 0 aliphatic carbocycles. The van der Waals surface area contributed by atoms with Gasteiger partial charge < -0.3 is 24.8 Å². The summed E-state index contributed by atoms with van der Waals surface area (Å²) in [5.41, 5.74) is 0.660. The number of hydrogen-bond donors (Lipinski definition) is 2. The minimum Gasteiger partial charge on any atom is -0.493 e. The number of methoxy groups -OCH3 is 2. The Bertz CT molecular complexity index is 677. The zero-order valence-electron chi connectivity index (χ0n) is 13.5. The Balaban J connectivity index is 1.78. The van der Waals surface area contributed by atoms with Gasteiger partial charge >= 0.3 is 6.03 Å². The summed E-state index contributed by atoms with van der Waals surface area (Å²) in [6.07, 6.45) is 0. The monoisotopic (exact) mass is 350 g/mol. The lowest BCUT2D eigenvalue weighted by molar-refractivity contribution is 0.245. The van der Waals surface area contributed by atoms with Crippen molar-refractivity contribution in [1.29, 1.82) is 0 Å². The molecular formula is C17H19ClN2O4. The van der Waals surface area contributed by atoms with Crippen LogP contribution in [0, 0.1) is 0 Å². The first-order valence-corrected chi connectivity index (χ1v) is 7.66. The maximum Gasteiger partial charge on any atom is 0.319 e. The Kier molecular flexibility index (Phi) is 6.57. The van der Waals surface area contributed by atoms with Crippen molar-refractivity contribution in [3.8, 4) is 17.2 Å². The van der Waals surface area contributed by atoms with Crippen LogP contribution in [0.2, 0.25) is 5.02 Å². The number of urea groups is 1. The third-order valence-electron chi connectivity index (χ3n) is 3.11. The van der Waals surface area contributed by atoms with E-state index < -0.39 is 0 Å². The number of nitrogens with one attached hydrogen (secondary N) is 2. The number of rotatable bonds is 7. The van der Waals surface area contributed by atoms with Crippen molar-refractivity contribution in [2.45, 2.75) is 0 Å². The SMILES string of the molecule is COc1cccc(OCCNC(=O)Nc2ccc(Cl)cc2)c1OC. The van der Waals surface area contributed by atoms with E-state index in [-0.39, 0.29) is 12.6 Å². The summed E-state index contributed by atoms with van der Waals surface area (Å²) in [6.45, 7) is 0.622. The number of benzene rings is 2. The molecule has 24 heavy (non-hydrogen) atoms. The lowest BCUT2D eigenvalue weighted by Crippen LogP contribution is -2.32. The summed E-state index contributed by atoms with van der Waals surface area (Å²) >= 11 is 5.79. The Labute approximate surface area is 145 Å². The Morgan fingerprint density at radius 3 is 2.42 bits per heavy atom. The number of hydrogen-bond acceptors (Lipinski definition) is 4. The van der Waals surface area contributed by atoms with E-state index in [9.17, 15) is 4.79 Å². The quantitative estimate of drug-likeness (QED) is 0.749. The van der Waals surface area contributed by atoms with Crippen LogP contribution in [0.4, 0.5) is 10.5 Å². The van der Waals surface area contributed by atoms with Gasteiger partial charge in [-0.05, 0) is 36.4 Å². The van der Waals surface area contributed by atoms with E-state index >= 15 is 0 Å². The predicted octanol–water partition coefficient (Wildman–Crippen LogP) is 3.56. The maximum atomic E-state index is 11.8. The highest BCUT2D eigenvalue weighted by Gasteiger charge is 2.10. The van der Waals surface area contributed by atoms with Crippen LogP contribution in [0.1, 0.15) is 0 Å². The molecule has 7 heteroatoms. The van der Waals surface area contributed by atoms with Gasteiger partial charge in [0.2, 0.25) is 5.75 Å². The molecule has 0 atom stereocenters. The summed E-state index contributed by atoms with van der Waals surface area (Å²) in [4.78, 5) is 11.8. The summed E-state index contributed by atoms with van der Waals surface area (Å²) in [5.74, 6) is 1.66.